The Morgan fingerprint density at radius 1 is 1.27 bits per heavy atom. The summed E-state index contributed by atoms with van der Waals surface area (Å²) in [6.45, 7) is 4.07. The highest BCUT2D eigenvalue weighted by Gasteiger charge is 2.22. The van der Waals surface area contributed by atoms with Crippen molar-refractivity contribution in [3.8, 4) is 0 Å². The number of aromatic nitrogens is 1. The second-order valence-corrected chi connectivity index (χ2v) is 4.89. The SMILES string of the molecule is CCOC(=O)c1oc2cnccc2c1Nc1ccc(C)cc1. The van der Waals surface area contributed by atoms with Gasteiger partial charge in [0.15, 0.2) is 5.58 Å². The van der Waals surface area contributed by atoms with E-state index in [9.17, 15) is 4.79 Å². The van der Waals surface area contributed by atoms with Crippen LogP contribution in [-0.4, -0.2) is 17.6 Å². The minimum atomic E-state index is -0.492. The van der Waals surface area contributed by atoms with Gasteiger partial charge in [-0.2, -0.15) is 0 Å². The number of hydrogen-bond acceptors (Lipinski definition) is 5. The van der Waals surface area contributed by atoms with E-state index in [4.69, 9.17) is 9.15 Å². The standard InChI is InChI=1S/C17H16N2O3/c1-3-21-17(20)16-15(13-8-9-18-10-14(13)22-16)19-12-6-4-11(2)5-7-12/h4-10,19H,3H2,1-2H3. The fourth-order valence-corrected chi connectivity index (χ4v) is 2.20. The maximum absolute atomic E-state index is 12.1. The molecule has 0 aliphatic carbocycles. The van der Waals surface area contributed by atoms with Crippen molar-refractivity contribution >= 4 is 28.3 Å². The Balaban J connectivity index is 2.07. The van der Waals surface area contributed by atoms with Gasteiger partial charge in [0.05, 0.1) is 12.8 Å². The molecule has 3 aromatic rings. The first-order valence-electron chi connectivity index (χ1n) is 7.06. The van der Waals surface area contributed by atoms with Crippen LogP contribution in [0, 0.1) is 6.92 Å². The van der Waals surface area contributed by atoms with Crippen LogP contribution in [0.4, 0.5) is 11.4 Å². The van der Waals surface area contributed by atoms with Crippen molar-refractivity contribution in [1.29, 1.82) is 0 Å². The summed E-state index contributed by atoms with van der Waals surface area (Å²) in [5.74, 6) is -0.335. The van der Waals surface area contributed by atoms with Gasteiger partial charge in [0.25, 0.3) is 0 Å². The number of pyridine rings is 1. The van der Waals surface area contributed by atoms with Crippen molar-refractivity contribution in [2.75, 3.05) is 11.9 Å². The number of aryl methyl sites for hydroxylation is 1. The minimum absolute atomic E-state index is 0.158. The number of ether oxygens (including phenoxy) is 1. The first-order valence-corrected chi connectivity index (χ1v) is 7.06. The maximum Gasteiger partial charge on any atom is 0.376 e. The van der Waals surface area contributed by atoms with Crippen molar-refractivity contribution in [3.05, 3.63) is 54.0 Å². The highest BCUT2D eigenvalue weighted by atomic mass is 16.5. The number of fused-ring (bicyclic) bond motifs is 1. The van der Waals surface area contributed by atoms with Crippen LogP contribution in [0.15, 0.2) is 47.1 Å². The zero-order valence-electron chi connectivity index (χ0n) is 12.4. The first-order chi connectivity index (χ1) is 10.7. The summed E-state index contributed by atoms with van der Waals surface area (Å²) in [6, 6.07) is 9.69. The summed E-state index contributed by atoms with van der Waals surface area (Å²) < 4.78 is 10.7. The van der Waals surface area contributed by atoms with Gasteiger partial charge in [0, 0.05) is 17.3 Å². The normalized spacial score (nSPS) is 10.6. The summed E-state index contributed by atoms with van der Waals surface area (Å²) in [5, 5.41) is 4.03. The van der Waals surface area contributed by atoms with Crippen LogP contribution in [-0.2, 0) is 4.74 Å². The number of hydrogen-bond donors (Lipinski definition) is 1. The smallest absolute Gasteiger partial charge is 0.376 e. The van der Waals surface area contributed by atoms with Crippen LogP contribution < -0.4 is 5.32 Å². The van der Waals surface area contributed by atoms with E-state index in [0.717, 1.165) is 16.6 Å². The molecule has 1 N–H and O–H groups in total. The molecule has 5 nitrogen and oxygen atoms in total. The molecule has 0 saturated heterocycles. The average molecular weight is 296 g/mol. The van der Waals surface area contributed by atoms with Crippen LogP contribution in [0.2, 0.25) is 0 Å². The quantitative estimate of drug-likeness (QED) is 0.736. The molecule has 0 aliphatic rings. The molecule has 2 heterocycles. The topological polar surface area (TPSA) is 64.4 Å². The predicted molar refractivity (Wildman–Crippen MR) is 84.4 cm³/mol. The van der Waals surface area contributed by atoms with E-state index < -0.39 is 5.97 Å². The van der Waals surface area contributed by atoms with Gasteiger partial charge in [-0.3, -0.25) is 4.98 Å². The zero-order chi connectivity index (χ0) is 15.5. The molecule has 0 amide bonds. The number of esters is 1. The monoisotopic (exact) mass is 296 g/mol. The third-order valence-electron chi connectivity index (χ3n) is 3.27. The number of anilines is 2. The molecule has 0 saturated carbocycles. The highest BCUT2D eigenvalue weighted by Crippen LogP contribution is 2.33. The Bertz CT molecular complexity index is 806. The zero-order valence-corrected chi connectivity index (χ0v) is 12.4. The molecular weight excluding hydrogens is 280 g/mol. The minimum Gasteiger partial charge on any atom is -0.460 e. The fourth-order valence-electron chi connectivity index (χ4n) is 2.20. The summed E-state index contributed by atoms with van der Waals surface area (Å²) in [6.07, 6.45) is 3.24. The van der Waals surface area contributed by atoms with Crippen LogP contribution in [0.3, 0.4) is 0 Å². The summed E-state index contributed by atoms with van der Waals surface area (Å²) >= 11 is 0. The van der Waals surface area contributed by atoms with Gasteiger partial charge >= 0.3 is 5.97 Å². The van der Waals surface area contributed by atoms with Gasteiger partial charge in [-0.15, -0.1) is 0 Å². The third kappa shape index (κ3) is 2.65. The Morgan fingerprint density at radius 3 is 2.77 bits per heavy atom. The molecule has 112 valence electrons. The number of nitrogens with one attached hydrogen (secondary N) is 1. The van der Waals surface area contributed by atoms with Crippen LogP contribution in [0.25, 0.3) is 11.0 Å². The van der Waals surface area contributed by atoms with E-state index in [2.05, 4.69) is 10.3 Å². The van der Waals surface area contributed by atoms with Crippen molar-refractivity contribution in [2.45, 2.75) is 13.8 Å². The van der Waals surface area contributed by atoms with Gasteiger partial charge < -0.3 is 14.5 Å². The lowest BCUT2D eigenvalue weighted by molar-refractivity contribution is 0.0494. The van der Waals surface area contributed by atoms with Gasteiger partial charge in [0.1, 0.15) is 5.69 Å². The molecule has 2 aromatic heterocycles. The second-order valence-electron chi connectivity index (χ2n) is 4.89. The number of nitrogens with zero attached hydrogens (tertiary/aromatic N) is 1. The van der Waals surface area contributed by atoms with Crippen molar-refractivity contribution in [3.63, 3.8) is 0 Å². The lowest BCUT2D eigenvalue weighted by Crippen LogP contribution is -2.06. The van der Waals surface area contributed by atoms with E-state index in [1.165, 1.54) is 0 Å². The number of benzene rings is 1. The van der Waals surface area contributed by atoms with Gasteiger partial charge in [-0.25, -0.2) is 4.79 Å². The predicted octanol–water partition coefficient (Wildman–Crippen LogP) is 4.06. The number of carbonyl (C=O) groups is 1. The number of rotatable bonds is 4. The Kier molecular flexibility index (Phi) is 3.78. The van der Waals surface area contributed by atoms with Crippen molar-refractivity contribution < 1.29 is 13.9 Å². The second kappa shape index (κ2) is 5.89. The van der Waals surface area contributed by atoms with Gasteiger partial charge in [0.2, 0.25) is 5.76 Å². The van der Waals surface area contributed by atoms with Gasteiger partial charge in [-0.1, -0.05) is 17.7 Å². The molecule has 0 radical (unpaired) electrons. The molecule has 0 spiro atoms. The lowest BCUT2D eigenvalue weighted by Gasteiger charge is -2.07. The van der Waals surface area contributed by atoms with Gasteiger partial charge in [-0.05, 0) is 32.0 Å². The van der Waals surface area contributed by atoms with Crippen molar-refractivity contribution in [1.82, 2.24) is 4.98 Å². The molecule has 22 heavy (non-hydrogen) atoms. The highest BCUT2D eigenvalue weighted by molar-refractivity contribution is 6.05. The van der Waals surface area contributed by atoms with Crippen molar-refractivity contribution in [2.24, 2.45) is 0 Å². The van der Waals surface area contributed by atoms with E-state index >= 15 is 0 Å². The largest absolute Gasteiger partial charge is 0.460 e. The average Bonchev–Trinajstić information content (AvgIpc) is 2.89. The summed E-state index contributed by atoms with van der Waals surface area (Å²) in [5.41, 5.74) is 3.17. The molecule has 0 fully saturated rings. The van der Waals surface area contributed by atoms with Crippen LogP contribution >= 0.6 is 0 Å². The van der Waals surface area contributed by atoms with Crippen LogP contribution in [0.5, 0.6) is 0 Å². The maximum atomic E-state index is 12.1. The van der Waals surface area contributed by atoms with E-state index in [1.54, 1.807) is 25.4 Å². The molecule has 1 aromatic carbocycles. The molecular formula is C17H16N2O3. The van der Waals surface area contributed by atoms with E-state index in [-0.39, 0.29) is 12.4 Å². The molecule has 3 rings (SSSR count). The molecule has 0 atom stereocenters. The fraction of sp³-hybridized carbons (Fsp3) is 0.176. The summed E-state index contributed by atoms with van der Waals surface area (Å²) in [4.78, 5) is 16.1. The lowest BCUT2D eigenvalue weighted by atomic mass is 10.2. The molecule has 5 heteroatoms. The molecule has 0 aliphatic heterocycles. The molecule has 0 bridgehead atoms. The Morgan fingerprint density at radius 2 is 2.05 bits per heavy atom. The third-order valence-corrected chi connectivity index (χ3v) is 3.27. The van der Waals surface area contributed by atoms with E-state index in [0.29, 0.717) is 11.3 Å². The van der Waals surface area contributed by atoms with Crippen LogP contribution in [0.1, 0.15) is 23.0 Å². The Labute approximate surface area is 127 Å². The van der Waals surface area contributed by atoms with E-state index in [1.807, 2.05) is 31.2 Å². The first kappa shape index (κ1) is 14.1. The summed E-state index contributed by atoms with van der Waals surface area (Å²) in [7, 11) is 0. The number of carbonyl (C=O) groups excluding carboxylic acids is 1. The number of furan rings is 1. The Hall–Kier alpha value is -2.82. The molecule has 0 unspecified atom stereocenters.